The highest BCUT2D eigenvalue weighted by atomic mass is 15.1. The van der Waals surface area contributed by atoms with E-state index < -0.39 is 0 Å². The Balaban J connectivity index is 2.23. The van der Waals surface area contributed by atoms with E-state index in [2.05, 4.69) is 30.9 Å². The topological polar surface area (TPSA) is 6.48 Å². The molecule has 0 aliphatic carbocycles. The summed E-state index contributed by atoms with van der Waals surface area (Å²) in [5, 5.41) is 0. The van der Waals surface area contributed by atoms with E-state index in [4.69, 9.17) is 0 Å². The standard InChI is InChI=1S/C9H20N2/c1-10(2)7-9-5-4-6-11(3)8-9/h9H,4-8H2,1-3H3. The maximum Gasteiger partial charge on any atom is 0.00188 e. The van der Waals surface area contributed by atoms with Crippen molar-refractivity contribution in [2.45, 2.75) is 12.8 Å². The maximum absolute atomic E-state index is 2.44. The fraction of sp³-hybridized carbons (Fsp3) is 1.00. The Morgan fingerprint density at radius 1 is 1.45 bits per heavy atom. The molecule has 1 aliphatic heterocycles. The number of nitrogens with zero attached hydrogens (tertiary/aromatic N) is 2. The van der Waals surface area contributed by atoms with E-state index in [0.717, 1.165) is 5.92 Å². The van der Waals surface area contributed by atoms with Gasteiger partial charge in [-0.15, -0.1) is 0 Å². The lowest BCUT2D eigenvalue weighted by molar-refractivity contribution is 0.178. The van der Waals surface area contributed by atoms with Crippen LogP contribution in [0.15, 0.2) is 0 Å². The van der Waals surface area contributed by atoms with Gasteiger partial charge >= 0.3 is 0 Å². The van der Waals surface area contributed by atoms with Gasteiger partial charge in [0.15, 0.2) is 0 Å². The average Bonchev–Trinajstić information content (AvgIpc) is 1.85. The van der Waals surface area contributed by atoms with Crippen molar-refractivity contribution < 1.29 is 0 Å². The molecule has 0 spiro atoms. The van der Waals surface area contributed by atoms with Crippen molar-refractivity contribution in [3.63, 3.8) is 0 Å². The van der Waals surface area contributed by atoms with E-state index in [-0.39, 0.29) is 0 Å². The summed E-state index contributed by atoms with van der Waals surface area (Å²) in [5.74, 6) is 0.906. The lowest BCUT2D eigenvalue weighted by atomic mass is 9.98. The zero-order valence-corrected chi connectivity index (χ0v) is 8.01. The lowest BCUT2D eigenvalue weighted by Gasteiger charge is -2.31. The fourth-order valence-electron chi connectivity index (χ4n) is 1.94. The van der Waals surface area contributed by atoms with Crippen molar-refractivity contribution in [3.8, 4) is 0 Å². The Hall–Kier alpha value is -0.0800. The molecule has 0 aromatic heterocycles. The van der Waals surface area contributed by atoms with E-state index in [1.165, 1.54) is 32.5 Å². The summed E-state index contributed by atoms with van der Waals surface area (Å²) in [7, 11) is 6.55. The molecular formula is C9H20N2. The van der Waals surface area contributed by atoms with E-state index in [9.17, 15) is 0 Å². The molecule has 11 heavy (non-hydrogen) atoms. The first-order chi connectivity index (χ1) is 5.18. The second kappa shape index (κ2) is 4.07. The SMILES string of the molecule is CN(C)CC1CCCN(C)C1. The van der Waals surface area contributed by atoms with E-state index >= 15 is 0 Å². The number of piperidine rings is 1. The highest BCUT2D eigenvalue weighted by Gasteiger charge is 2.16. The summed E-state index contributed by atoms with van der Waals surface area (Å²) in [4.78, 5) is 4.74. The third-order valence-electron chi connectivity index (χ3n) is 2.35. The molecule has 0 aromatic rings. The van der Waals surface area contributed by atoms with Crippen molar-refractivity contribution in [1.29, 1.82) is 0 Å². The molecule has 1 aliphatic rings. The van der Waals surface area contributed by atoms with Crippen LogP contribution in [0, 0.1) is 5.92 Å². The predicted molar refractivity (Wildman–Crippen MR) is 48.8 cm³/mol. The molecule has 0 N–H and O–H groups in total. The van der Waals surface area contributed by atoms with Crippen molar-refractivity contribution in [3.05, 3.63) is 0 Å². The molecule has 1 saturated heterocycles. The van der Waals surface area contributed by atoms with Crippen molar-refractivity contribution in [2.24, 2.45) is 5.92 Å². The van der Waals surface area contributed by atoms with Gasteiger partial charge in [0, 0.05) is 13.1 Å². The third kappa shape index (κ3) is 3.21. The third-order valence-corrected chi connectivity index (χ3v) is 2.35. The molecule has 2 nitrogen and oxygen atoms in total. The molecule has 0 radical (unpaired) electrons. The zero-order valence-electron chi connectivity index (χ0n) is 8.01. The molecule has 1 unspecified atom stereocenters. The largest absolute Gasteiger partial charge is 0.309 e. The Morgan fingerprint density at radius 2 is 2.18 bits per heavy atom. The summed E-state index contributed by atoms with van der Waals surface area (Å²) >= 11 is 0. The average molecular weight is 156 g/mol. The molecule has 0 bridgehead atoms. The molecule has 2 heteroatoms. The Kier molecular flexibility index (Phi) is 3.34. The van der Waals surface area contributed by atoms with Crippen molar-refractivity contribution >= 4 is 0 Å². The summed E-state index contributed by atoms with van der Waals surface area (Å²) < 4.78 is 0. The van der Waals surface area contributed by atoms with Crippen LogP contribution in [0.2, 0.25) is 0 Å². The Bertz CT molecular complexity index is 110. The molecule has 1 atom stereocenters. The molecule has 0 saturated carbocycles. The first-order valence-corrected chi connectivity index (χ1v) is 4.52. The van der Waals surface area contributed by atoms with E-state index in [0.29, 0.717) is 0 Å². The predicted octanol–water partition coefficient (Wildman–Crippen LogP) is 0.890. The monoisotopic (exact) mass is 156 g/mol. The van der Waals surface area contributed by atoms with Crippen LogP contribution in [0.25, 0.3) is 0 Å². The van der Waals surface area contributed by atoms with Gasteiger partial charge in [0.05, 0.1) is 0 Å². The molecule has 1 fully saturated rings. The van der Waals surface area contributed by atoms with E-state index in [1.54, 1.807) is 0 Å². The summed E-state index contributed by atoms with van der Waals surface area (Å²) in [5.41, 5.74) is 0. The first kappa shape index (κ1) is 9.01. The van der Waals surface area contributed by atoms with Gasteiger partial charge in [-0.3, -0.25) is 0 Å². The van der Waals surface area contributed by atoms with Crippen LogP contribution < -0.4 is 0 Å². The van der Waals surface area contributed by atoms with Gasteiger partial charge in [-0.05, 0) is 46.4 Å². The van der Waals surface area contributed by atoms with Gasteiger partial charge in [-0.2, -0.15) is 0 Å². The molecular weight excluding hydrogens is 136 g/mol. The fourth-order valence-corrected chi connectivity index (χ4v) is 1.94. The van der Waals surface area contributed by atoms with Gasteiger partial charge in [0.25, 0.3) is 0 Å². The minimum absolute atomic E-state index is 0.906. The van der Waals surface area contributed by atoms with Crippen LogP contribution in [0.1, 0.15) is 12.8 Å². The van der Waals surface area contributed by atoms with Crippen molar-refractivity contribution in [2.75, 3.05) is 40.8 Å². The van der Waals surface area contributed by atoms with Gasteiger partial charge in [0.2, 0.25) is 0 Å². The summed E-state index contributed by atoms with van der Waals surface area (Å²) in [6.07, 6.45) is 2.80. The van der Waals surface area contributed by atoms with Crippen LogP contribution in [0.5, 0.6) is 0 Å². The molecule has 1 heterocycles. The van der Waals surface area contributed by atoms with Crippen LogP contribution in [-0.4, -0.2) is 50.6 Å². The Labute approximate surface area is 70.2 Å². The molecule has 0 amide bonds. The number of likely N-dealkylation sites (tertiary alicyclic amines) is 1. The number of hydrogen-bond donors (Lipinski definition) is 0. The zero-order chi connectivity index (χ0) is 8.27. The molecule has 0 aromatic carbocycles. The van der Waals surface area contributed by atoms with Crippen LogP contribution in [0.4, 0.5) is 0 Å². The van der Waals surface area contributed by atoms with Gasteiger partial charge in [-0.1, -0.05) is 0 Å². The second-order valence-corrected chi connectivity index (χ2v) is 4.03. The normalized spacial score (nSPS) is 27.8. The van der Waals surface area contributed by atoms with Crippen LogP contribution >= 0.6 is 0 Å². The maximum atomic E-state index is 2.44. The summed E-state index contributed by atoms with van der Waals surface area (Å²) in [6.45, 7) is 3.84. The van der Waals surface area contributed by atoms with Gasteiger partial charge < -0.3 is 9.80 Å². The van der Waals surface area contributed by atoms with Gasteiger partial charge in [0.1, 0.15) is 0 Å². The first-order valence-electron chi connectivity index (χ1n) is 4.52. The lowest BCUT2D eigenvalue weighted by Crippen LogP contribution is -2.36. The van der Waals surface area contributed by atoms with Gasteiger partial charge in [-0.25, -0.2) is 0 Å². The summed E-state index contributed by atoms with van der Waals surface area (Å²) in [6, 6.07) is 0. The number of hydrogen-bond acceptors (Lipinski definition) is 2. The molecule has 66 valence electrons. The highest BCUT2D eigenvalue weighted by molar-refractivity contribution is 4.71. The van der Waals surface area contributed by atoms with Crippen LogP contribution in [0.3, 0.4) is 0 Å². The minimum atomic E-state index is 0.906. The minimum Gasteiger partial charge on any atom is -0.309 e. The second-order valence-electron chi connectivity index (χ2n) is 4.03. The van der Waals surface area contributed by atoms with Crippen LogP contribution in [-0.2, 0) is 0 Å². The quantitative estimate of drug-likeness (QED) is 0.586. The van der Waals surface area contributed by atoms with E-state index in [1.807, 2.05) is 0 Å². The number of rotatable bonds is 2. The van der Waals surface area contributed by atoms with Crippen molar-refractivity contribution in [1.82, 2.24) is 9.80 Å². The Morgan fingerprint density at radius 3 is 2.73 bits per heavy atom. The highest BCUT2D eigenvalue weighted by Crippen LogP contribution is 2.14. The smallest absolute Gasteiger partial charge is 0.00188 e. The molecule has 1 rings (SSSR count).